The van der Waals surface area contributed by atoms with Crippen LogP contribution >= 0.6 is 12.2 Å². The number of hydroxylamine groups is 1. The first kappa shape index (κ1) is 14.9. The predicted molar refractivity (Wildman–Crippen MR) is 70.8 cm³/mol. The van der Waals surface area contributed by atoms with Gasteiger partial charge in [0.15, 0.2) is 11.2 Å². The Morgan fingerprint density at radius 2 is 2.00 bits per heavy atom. The number of hydrogen-bond donors (Lipinski definition) is 4. The lowest BCUT2D eigenvalue weighted by Gasteiger charge is -2.15. The number of benzene rings is 1. The average molecular weight is 283 g/mol. The number of hydrogen-bond acceptors (Lipinski definition) is 5. The third kappa shape index (κ3) is 4.90. The van der Waals surface area contributed by atoms with Crippen molar-refractivity contribution in [2.75, 3.05) is 6.61 Å². The van der Waals surface area contributed by atoms with E-state index in [0.29, 0.717) is 5.56 Å². The van der Waals surface area contributed by atoms with Gasteiger partial charge in [0.1, 0.15) is 0 Å². The molecule has 0 aliphatic rings. The molecule has 7 nitrogen and oxygen atoms in total. The highest BCUT2D eigenvalue weighted by Crippen LogP contribution is 1.99. The van der Waals surface area contributed by atoms with Crippen LogP contribution in [0, 0.1) is 0 Å². The van der Waals surface area contributed by atoms with Crippen LogP contribution in [0.5, 0.6) is 0 Å². The fourth-order valence-corrected chi connectivity index (χ4v) is 1.22. The zero-order valence-electron chi connectivity index (χ0n) is 9.83. The maximum Gasteiger partial charge on any atom is 0.356 e. The number of amides is 1. The van der Waals surface area contributed by atoms with E-state index < -0.39 is 24.5 Å². The highest BCUT2D eigenvalue weighted by atomic mass is 32.1. The van der Waals surface area contributed by atoms with Gasteiger partial charge < -0.3 is 21.0 Å². The Kier molecular flexibility index (Phi) is 5.71. The molecule has 1 rings (SSSR count). The molecular weight excluding hydrogens is 270 g/mol. The van der Waals surface area contributed by atoms with Gasteiger partial charge in [-0.2, -0.15) is 5.48 Å². The molecule has 0 spiro atoms. The van der Waals surface area contributed by atoms with Crippen molar-refractivity contribution >= 4 is 29.2 Å². The molecule has 0 bridgehead atoms. The van der Waals surface area contributed by atoms with Gasteiger partial charge in [-0.3, -0.25) is 4.79 Å². The molecule has 1 atom stereocenters. The highest BCUT2D eigenvalue weighted by molar-refractivity contribution is 7.80. The fourth-order valence-electron chi connectivity index (χ4n) is 1.18. The number of aliphatic hydroxyl groups excluding tert-OH is 1. The molecule has 0 aliphatic carbocycles. The van der Waals surface area contributed by atoms with Gasteiger partial charge in [-0.05, 0) is 24.4 Å². The van der Waals surface area contributed by atoms with Gasteiger partial charge in [0.25, 0.3) is 5.91 Å². The van der Waals surface area contributed by atoms with E-state index in [-0.39, 0.29) is 5.11 Å². The van der Waals surface area contributed by atoms with Gasteiger partial charge in [0.05, 0.1) is 6.61 Å². The highest BCUT2D eigenvalue weighted by Gasteiger charge is 2.22. The summed E-state index contributed by atoms with van der Waals surface area (Å²) < 4.78 is 0. The molecular formula is C11H13N3O4S. The van der Waals surface area contributed by atoms with Crippen molar-refractivity contribution in [3.63, 3.8) is 0 Å². The lowest BCUT2D eigenvalue weighted by molar-refractivity contribution is -0.151. The largest absolute Gasteiger partial charge is 0.394 e. The number of carbonyl (C=O) groups excluding carboxylic acids is 2. The summed E-state index contributed by atoms with van der Waals surface area (Å²) in [6.45, 7) is -0.615. The summed E-state index contributed by atoms with van der Waals surface area (Å²) in [6.07, 6.45) is 0. The van der Waals surface area contributed by atoms with Crippen LogP contribution in [0.1, 0.15) is 10.4 Å². The first-order valence-electron chi connectivity index (χ1n) is 5.27. The number of aliphatic hydroxyl groups is 1. The smallest absolute Gasteiger partial charge is 0.356 e. The van der Waals surface area contributed by atoms with Gasteiger partial charge in [0, 0.05) is 5.56 Å². The topological polar surface area (TPSA) is 114 Å². The van der Waals surface area contributed by atoms with E-state index in [1.165, 1.54) is 0 Å². The van der Waals surface area contributed by atoms with Crippen LogP contribution in [0.15, 0.2) is 30.3 Å². The Labute approximate surface area is 114 Å². The van der Waals surface area contributed by atoms with E-state index >= 15 is 0 Å². The van der Waals surface area contributed by atoms with E-state index in [1.54, 1.807) is 30.3 Å². The maximum absolute atomic E-state index is 11.8. The molecule has 19 heavy (non-hydrogen) atoms. The number of nitrogens with two attached hydrogens (primary N) is 1. The van der Waals surface area contributed by atoms with Crippen LogP contribution in [0.3, 0.4) is 0 Å². The summed E-state index contributed by atoms with van der Waals surface area (Å²) in [5.41, 5.74) is 7.40. The summed E-state index contributed by atoms with van der Waals surface area (Å²) in [5.74, 6) is -1.41. The van der Waals surface area contributed by atoms with E-state index in [9.17, 15) is 9.59 Å². The molecule has 5 N–H and O–H groups in total. The normalized spacial score (nSPS) is 11.2. The second-order valence-corrected chi connectivity index (χ2v) is 3.90. The zero-order valence-corrected chi connectivity index (χ0v) is 10.6. The lowest BCUT2D eigenvalue weighted by atomic mass is 10.2. The molecule has 0 heterocycles. The third-order valence-electron chi connectivity index (χ3n) is 2.06. The Hall–Kier alpha value is -2.19. The van der Waals surface area contributed by atoms with Crippen LogP contribution in [0.4, 0.5) is 0 Å². The molecule has 0 fully saturated rings. The Morgan fingerprint density at radius 1 is 1.37 bits per heavy atom. The van der Waals surface area contributed by atoms with Crippen LogP contribution in [0.2, 0.25) is 0 Å². The molecule has 0 aliphatic heterocycles. The molecule has 0 aromatic heterocycles. The second kappa shape index (κ2) is 7.29. The Bertz CT molecular complexity index is 466. The van der Waals surface area contributed by atoms with E-state index in [1.807, 2.05) is 5.48 Å². The maximum atomic E-state index is 11.8. The minimum absolute atomic E-state index is 0.237. The Morgan fingerprint density at radius 3 is 2.53 bits per heavy atom. The van der Waals surface area contributed by atoms with Crippen LogP contribution in [-0.2, 0) is 9.63 Å². The van der Waals surface area contributed by atoms with Crippen molar-refractivity contribution in [3.8, 4) is 0 Å². The van der Waals surface area contributed by atoms with E-state index in [0.717, 1.165) is 0 Å². The van der Waals surface area contributed by atoms with Crippen molar-refractivity contribution in [2.45, 2.75) is 6.04 Å². The molecule has 0 radical (unpaired) electrons. The summed E-state index contributed by atoms with van der Waals surface area (Å²) in [6, 6.07) is 7.03. The summed E-state index contributed by atoms with van der Waals surface area (Å²) in [5, 5.41) is 11.1. The van der Waals surface area contributed by atoms with Crippen LogP contribution in [0.25, 0.3) is 0 Å². The standard InChI is InChI=1S/C11H13N3O4S/c12-11(19)14-18-10(17)8(6-15)13-9(16)7-4-2-1-3-5-7/h1-5,8,15H,6H2,(H,13,16)(H3,12,14,19)/t8-/m0/s1. The van der Waals surface area contributed by atoms with Crippen LogP contribution < -0.4 is 16.5 Å². The molecule has 1 aromatic rings. The van der Waals surface area contributed by atoms with Gasteiger partial charge in [0.2, 0.25) is 0 Å². The van der Waals surface area contributed by atoms with E-state index in [2.05, 4.69) is 22.4 Å². The van der Waals surface area contributed by atoms with Crippen molar-refractivity contribution < 1.29 is 19.5 Å². The van der Waals surface area contributed by atoms with Crippen molar-refractivity contribution in [3.05, 3.63) is 35.9 Å². The molecule has 1 aromatic carbocycles. The van der Waals surface area contributed by atoms with Crippen molar-refractivity contribution in [1.82, 2.24) is 10.8 Å². The van der Waals surface area contributed by atoms with Gasteiger partial charge in [-0.25, -0.2) is 4.79 Å². The SMILES string of the molecule is NC(=S)NOC(=O)[C@H](CO)NC(=O)c1ccccc1. The van der Waals surface area contributed by atoms with Gasteiger partial charge in [-0.15, -0.1) is 0 Å². The minimum atomic E-state index is -1.21. The molecule has 0 saturated heterocycles. The number of rotatable bonds is 4. The first-order valence-corrected chi connectivity index (χ1v) is 5.68. The molecule has 8 heteroatoms. The molecule has 102 valence electrons. The number of thiocarbonyl (C=S) groups is 1. The zero-order chi connectivity index (χ0) is 14.3. The van der Waals surface area contributed by atoms with Crippen LogP contribution in [-0.4, -0.2) is 34.7 Å². The van der Waals surface area contributed by atoms with Crippen molar-refractivity contribution in [2.24, 2.45) is 5.73 Å². The third-order valence-corrected chi connectivity index (χ3v) is 2.14. The lowest BCUT2D eigenvalue weighted by Crippen LogP contribution is -2.47. The Balaban J connectivity index is 2.59. The molecule has 0 saturated carbocycles. The first-order chi connectivity index (χ1) is 9.04. The fraction of sp³-hybridized carbons (Fsp3) is 0.182. The number of carbonyl (C=O) groups is 2. The number of nitrogens with one attached hydrogen (secondary N) is 2. The minimum Gasteiger partial charge on any atom is -0.394 e. The summed E-state index contributed by atoms with van der Waals surface area (Å²) in [4.78, 5) is 27.7. The molecule has 1 amide bonds. The van der Waals surface area contributed by atoms with Gasteiger partial charge in [-0.1, -0.05) is 18.2 Å². The summed E-state index contributed by atoms with van der Waals surface area (Å²) in [7, 11) is 0. The summed E-state index contributed by atoms with van der Waals surface area (Å²) >= 11 is 4.44. The monoisotopic (exact) mass is 283 g/mol. The average Bonchev–Trinajstić information content (AvgIpc) is 2.42. The quantitative estimate of drug-likeness (QED) is 0.417. The van der Waals surface area contributed by atoms with Crippen molar-refractivity contribution in [1.29, 1.82) is 0 Å². The molecule has 0 unspecified atom stereocenters. The van der Waals surface area contributed by atoms with Gasteiger partial charge >= 0.3 is 5.97 Å². The van der Waals surface area contributed by atoms with E-state index in [4.69, 9.17) is 10.8 Å². The second-order valence-electron chi connectivity index (χ2n) is 3.46. The predicted octanol–water partition coefficient (Wildman–Crippen LogP) is -0.931.